The van der Waals surface area contributed by atoms with Gasteiger partial charge in [0, 0.05) is 33.3 Å². The fraction of sp³-hybridized carbons (Fsp3) is 0.0351. The van der Waals surface area contributed by atoms with Crippen LogP contribution >= 0.6 is 0 Å². The Morgan fingerprint density at radius 3 is 1.23 bits per heavy atom. The molecular formula is C57H42N8O10. The predicted molar refractivity (Wildman–Crippen MR) is 284 cm³/mol. The molecule has 18 heteroatoms. The minimum absolute atomic E-state index is 0.119. The van der Waals surface area contributed by atoms with Crippen molar-refractivity contribution < 1.29 is 48.8 Å². The van der Waals surface area contributed by atoms with Gasteiger partial charge in [-0.3, -0.25) is 19.2 Å². The van der Waals surface area contributed by atoms with Gasteiger partial charge in [-0.2, -0.15) is 0 Å². The van der Waals surface area contributed by atoms with Crippen LogP contribution in [0.15, 0.2) is 196 Å². The van der Waals surface area contributed by atoms with Gasteiger partial charge in [-0.1, -0.05) is 91.0 Å². The fourth-order valence-electron chi connectivity index (χ4n) is 8.03. The first kappa shape index (κ1) is 49.2. The fourth-order valence-corrected chi connectivity index (χ4v) is 8.03. The molecule has 0 aromatic heterocycles. The van der Waals surface area contributed by atoms with E-state index in [4.69, 9.17) is 9.47 Å². The Labute approximate surface area is 426 Å². The lowest BCUT2D eigenvalue weighted by molar-refractivity contribution is 0.0698. The number of carboxylic acids is 1. The Bertz CT molecular complexity index is 3560. The zero-order valence-corrected chi connectivity index (χ0v) is 39.7. The van der Waals surface area contributed by atoms with E-state index in [1.165, 1.54) is 56.7 Å². The molecule has 0 heterocycles. The van der Waals surface area contributed by atoms with Gasteiger partial charge in [0.15, 0.2) is 11.5 Å². The average molecular weight is 999 g/mol. The SMILES string of the molecule is COc1ccc(C(=O)Nc2ccccc2)cc1N=Nc1c(O)c(C(=O)Nc2cccc(NC(=O)c3cc4ccccc4c(N=Nc4cc(C(=O)Nc5ccccc5)ccc4OC)c3O)c2C(=O)O)cc2ccccc12. The summed E-state index contributed by atoms with van der Waals surface area (Å²) in [6, 6.07) is 47.1. The van der Waals surface area contributed by atoms with Gasteiger partial charge in [0.1, 0.15) is 39.8 Å². The molecule has 18 nitrogen and oxygen atoms in total. The molecule has 9 rings (SSSR count). The van der Waals surface area contributed by atoms with E-state index in [1.54, 1.807) is 121 Å². The van der Waals surface area contributed by atoms with E-state index >= 15 is 0 Å². The second-order valence-corrected chi connectivity index (χ2v) is 16.4. The number of rotatable bonds is 15. The van der Waals surface area contributed by atoms with Gasteiger partial charge in [0.05, 0.1) is 36.7 Å². The Kier molecular flexibility index (Phi) is 14.3. The Hall–Kier alpha value is -10.8. The van der Waals surface area contributed by atoms with Gasteiger partial charge in [0.25, 0.3) is 23.6 Å². The first-order valence-corrected chi connectivity index (χ1v) is 22.8. The van der Waals surface area contributed by atoms with E-state index in [9.17, 15) is 39.3 Å². The lowest BCUT2D eigenvalue weighted by Crippen LogP contribution is -2.19. The zero-order chi connectivity index (χ0) is 52.6. The summed E-state index contributed by atoms with van der Waals surface area (Å²) in [5, 5.41) is 63.8. The van der Waals surface area contributed by atoms with Crippen LogP contribution in [0, 0.1) is 0 Å². The number of carbonyl (C=O) groups is 5. The van der Waals surface area contributed by atoms with Gasteiger partial charge in [-0.05, 0) is 95.7 Å². The number of ether oxygens (including phenoxy) is 2. The number of hydrogen-bond donors (Lipinski definition) is 7. The molecule has 0 fully saturated rings. The van der Waals surface area contributed by atoms with Crippen LogP contribution in [0.4, 0.5) is 45.5 Å². The van der Waals surface area contributed by atoms with E-state index in [-0.39, 0.29) is 67.9 Å². The molecule has 9 aromatic carbocycles. The summed E-state index contributed by atoms with van der Waals surface area (Å²) in [5.41, 5.74) is -0.0301. The maximum Gasteiger partial charge on any atom is 0.339 e. The summed E-state index contributed by atoms with van der Waals surface area (Å²) in [6.07, 6.45) is 0. The van der Waals surface area contributed by atoms with Crippen LogP contribution in [0.3, 0.4) is 0 Å². The topological polar surface area (TPSA) is 262 Å². The first-order valence-electron chi connectivity index (χ1n) is 22.8. The highest BCUT2D eigenvalue weighted by molar-refractivity contribution is 6.17. The third-order valence-electron chi connectivity index (χ3n) is 11.7. The van der Waals surface area contributed by atoms with E-state index in [1.807, 2.05) is 12.1 Å². The van der Waals surface area contributed by atoms with Crippen molar-refractivity contribution in [2.24, 2.45) is 20.5 Å². The largest absolute Gasteiger partial charge is 0.505 e. The number of hydrogen-bond acceptors (Lipinski definition) is 13. The van der Waals surface area contributed by atoms with Crippen LogP contribution in [-0.4, -0.2) is 59.1 Å². The van der Waals surface area contributed by atoms with Crippen LogP contribution in [0.5, 0.6) is 23.0 Å². The number of azo groups is 2. The van der Waals surface area contributed by atoms with Crippen molar-refractivity contribution in [3.05, 3.63) is 204 Å². The van der Waals surface area contributed by atoms with Crippen molar-refractivity contribution in [1.29, 1.82) is 0 Å². The van der Waals surface area contributed by atoms with Gasteiger partial charge in [0.2, 0.25) is 0 Å². The van der Waals surface area contributed by atoms with E-state index in [0.29, 0.717) is 32.9 Å². The molecule has 0 aliphatic carbocycles. The van der Waals surface area contributed by atoms with Crippen molar-refractivity contribution in [1.82, 2.24) is 0 Å². The maximum atomic E-state index is 14.2. The summed E-state index contributed by atoms with van der Waals surface area (Å²) >= 11 is 0. The number of carboxylic acid groups (broad SMARTS) is 1. The highest BCUT2D eigenvalue weighted by atomic mass is 16.5. The standard InChI is InChI=1S/C57H42N8O10/c1-74-46-26-24-34(53(68)58-36-16-5-3-6-17-36)30-44(46)62-64-49-38-20-11-9-14-32(38)28-40(51(49)66)55(70)60-42-22-13-23-43(48(42)57(72)73)61-56(71)41-29-33-15-10-12-21-39(33)50(52(41)67)65-63-45-31-35(25-27-47(45)75-2)54(69)59-37-18-7-4-8-19-37/h3-31,66-67H,1-2H3,(H,58,68)(H,59,69)(H,60,70)(H,61,71)(H,72,73). The molecule has 0 spiro atoms. The maximum absolute atomic E-state index is 14.2. The summed E-state index contributed by atoms with van der Waals surface area (Å²) in [4.78, 5) is 67.7. The number of benzene rings is 9. The zero-order valence-electron chi connectivity index (χ0n) is 39.7. The highest BCUT2D eigenvalue weighted by Crippen LogP contribution is 2.43. The van der Waals surface area contributed by atoms with E-state index < -0.39 is 46.7 Å². The number of aromatic hydroxyl groups is 2. The van der Waals surface area contributed by atoms with Crippen molar-refractivity contribution in [3.63, 3.8) is 0 Å². The van der Waals surface area contributed by atoms with Crippen molar-refractivity contribution in [2.75, 3.05) is 35.5 Å². The minimum Gasteiger partial charge on any atom is -0.505 e. The smallest absolute Gasteiger partial charge is 0.339 e. The number of para-hydroxylation sites is 2. The van der Waals surface area contributed by atoms with Gasteiger partial charge in [-0.15, -0.1) is 20.5 Å². The first-order chi connectivity index (χ1) is 36.4. The number of phenolic OH excluding ortho intramolecular Hbond substituents is 2. The lowest BCUT2D eigenvalue weighted by Gasteiger charge is -2.16. The number of nitrogens with zero attached hydrogens (tertiary/aromatic N) is 4. The summed E-state index contributed by atoms with van der Waals surface area (Å²) in [5.74, 6) is -4.98. The summed E-state index contributed by atoms with van der Waals surface area (Å²) < 4.78 is 11.0. The Balaban J connectivity index is 1.00. The molecular weight excluding hydrogens is 957 g/mol. The molecule has 0 aliphatic rings. The minimum atomic E-state index is -1.54. The number of amides is 4. The monoisotopic (exact) mass is 998 g/mol. The van der Waals surface area contributed by atoms with Gasteiger partial charge >= 0.3 is 5.97 Å². The molecule has 0 bridgehead atoms. The van der Waals surface area contributed by atoms with Crippen LogP contribution in [0.2, 0.25) is 0 Å². The average Bonchev–Trinajstić information content (AvgIpc) is 3.43. The highest BCUT2D eigenvalue weighted by Gasteiger charge is 2.25. The van der Waals surface area contributed by atoms with Crippen molar-refractivity contribution in [3.8, 4) is 23.0 Å². The number of aromatic carboxylic acids is 1. The molecule has 370 valence electrons. The molecule has 0 unspecified atom stereocenters. The third kappa shape index (κ3) is 10.7. The number of methoxy groups -OCH3 is 2. The van der Waals surface area contributed by atoms with E-state index in [0.717, 1.165) is 0 Å². The molecule has 75 heavy (non-hydrogen) atoms. The molecule has 0 saturated heterocycles. The van der Waals surface area contributed by atoms with Crippen LogP contribution in [0.1, 0.15) is 51.8 Å². The van der Waals surface area contributed by atoms with Gasteiger partial charge < -0.3 is 46.1 Å². The second-order valence-electron chi connectivity index (χ2n) is 16.4. The second kappa shape index (κ2) is 21.7. The van der Waals surface area contributed by atoms with E-state index in [2.05, 4.69) is 41.7 Å². The number of fused-ring (bicyclic) bond motifs is 2. The van der Waals surface area contributed by atoms with Crippen LogP contribution < -0.4 is 30.7 Å². The Morgan fingerprint density at radius 1 is 0.427 bits per heavy atom. The molecule has 0 aliphatic heterocycles. The van der Waals surface area contributed by atoms with Crippen LogP contribution in [-0.2, 0) is 0 Å². The number of anilines is 4. The lowest BCUT2D eigenvalue weighted by atomic mass is 10.0. The molecule has 9 aromatic rings. The summed E-state index contributed by atoms with van der Waals surface area (Å²) in [6.45, 7) is 0. The number of nitrogens with one attached hydrogen (secondary N) is 4. The predicted octanol–water partition coefficient (Wildman–Crippen LogP) is 13.0. The normalized spacial score (nSPS) is 11.1. The van der Waals surface area contributed by atoms with Crippen molar-refractivity contribution in [2.45, 2.75) is 0 Å². The number of phenols is 2. The molecule has 0 atom stereocenters. The van der Waals surface area contributed by atoms with Gasteiger partial charge in [-0.25, -0.2) is 4.79 Å². The molecule has 7 N–H and O–H groups in total. The Morgan fingerprint density at radius 2 is 0.827 bits per heavy atom. The molecule has 0 radical (unpaired) electrons. The summed E-state index contributed by atoms with van der Waals surface area (Å²) in [7, 11) is 2.83. The van der Waals surface area contributed by atoms with Crippen LogP contribution in [0.25, 0.3) is 21.5 Å². The van der Waals surface area contributed by atoms with Crippen molar-refractivity contribution >= 4 is 96.6 Å². The quantitative estimate of drug-likeness (QED) is 0.0478. The number of carbonyl (C=O) groups excluding carboxylic acids is 4. The molecule has 4 amide bonds. The molecule has 0 saturated carbocycles. The third-order valence-corrected chi connectivity index (χ3v) is 11.7.